The van der Waals surface area contributed by atoms with E-state index in [0.717, 1.165) is 22.7 Å². The zero-order chi connectivity index (χ0) is 44.0. The Bertz CT molecular complexity index is 3330. The van der Waals surface area contributed by atoms with E-state index in [1.54, 1.807) is 0 Å². The van der Waals surface area contributed by atoms with E-state index in [2.05, 4.69) is 279 Å². The fourth-order valence-electron chi connectivity index (χ4n) is 10.4. The summed E-state index contributed by atoms with van der Waals surface area (Å²) < 4.78 is 2.41. The third-order valence-electron chi connectivity index (χ3n) is 13.3. The van der Waals surface area contributed by atoms with Gasteiger partial charge in [-0.15, -0.1) is 0 Å². The Morgan fingerprint density at radius 1 is 0.369 bits per heavy atom. The summed E-state index contributed by atoms with van der Waals surface area (Å²) in [6.07, 6.45) is 0. The van der Waals surface area contributed by atoms with E-state index < -0.39 is 8.07 Å². The number of rotatable bonds is 9. The van der Waals surface area contributed by atoms with Crippen molar-refractivity contribution in [2.45, 2.75) is 26.2 Å². The van der Waals surface area contributed by atoms with Crippen LogP contribution in [0, 0.1) is 0 Å². The van der Waals surface area contributed by atoms with Crippen molar-refractivity contribution < 1.29 is 0 Å². The van der Waals surface area contributed by atoms with Crippen LogP contribution in [-0.4, -0.2) is 12.6 Å². The summed E-state index contributed by atoms with van der Waals surface area (Å²) in [7, 11) is -2.74. The Morgan fingerprint density at radius 3 is 1.40 bits per heavy atom. The Labute approximate surface area is 383 Å². The fraction of sp³-hybridized carbons (Fsp3) is 0.0645. The van der Waals surface area contributed by atoms with Gasteiger partial charge in [-0.1, -0.05) is 215 Å². The van der Waals surface area contributed by atoms with Crippen LogP contribution in [0.1, 0.15) is 26.3 Å². The van der Waals surface area contributed by atoms with Gasteiger partial charge in [-0.3, -0.25) is 0 Å². The van der Waals surface area contributed by atoms with Crippen LogP contribution in [0.15, 0.2) is 249 Å². The van der Waals surface area contributed by atoms with Gasteiger partial charge in [-0.2, -0.15) is 0 Å². The number of fused-ring (bicyclic) bond motifs is 4. The van der Waals surface area contributed by atoms with Gasteiger partial charge in [0.1, 0.15) is 0 Å². The van der Waals surface area contributed by atoms with Gasteiger partial charge in [0.25, 0.3) is 0 Å². The lowest BCUT2D eigenvalue weighted by molar-refractivity contribution is 0.596. The molecule has 10 aromatic carbocycles. The molecule has 1 heterocycles. The van der Waals surface area contributed by atoms with Crippen molar-refractivity contribution in [1.29, 1.82) is 0 Å². The van der Waals surface area contributed by atoms with Crippen LogP contribution >= 0.6 is 0 Å². The zero-order valence-corrected chi connectivity index (χ0v) is 38.1. The van der Waals surface area contributed by atoms with Gasteiger partial charge in [-0.05, 0) is 108 Å². The summed E-state index contributed by atoms with van der Waals surface area (Å²) in [5, 5.41) is 10.4. The number of nitrogens with zero attached hydrogens (tertiary/aromatic N) is 2. The van der Waals surface area contributed by atoms with Crippen molar-refractivity contribution in [2.75, 3.05) is 4.90 Å². The lowest BCUT2D eigenvalue weighted by Gasteiger charge is -2.35. The number of benzene rings is 10. The molecule has 0 saturated carbocycles. The molecule has 2 nitrogen and oxygen atoms in total. The highest BCUT2D eigenvalue weighted by molar-refractivity contribution is 7.19. The van der Waals surface area contributed by atoms with Gasteiger partial charge in [0.15, 0.2) is 8.07 Å². The minimum Gasteiger partial charge on any atom is -0.310 e. The molecule has 0 N–H and O–H groups in total. The SMILES string of the molecule is CC(C)(C)c1ccc(-c2ccc(N(c3ccc([Si](c4ccccc4)(c4ccccc4)c4ccccc4)cc3)c3cccc4c3c3ccccc3n4-c3ccccc3)cc2)c2ccccc12. The largest absolute Gasteiger partial charge is 0.310 e. The maximum Gasteiger partial charge on any atom is 0.179 e. The van der Waals surface area contributed by atoms with Crippen LogP contribution in [0.5, 0.6) is 0 Å². The lowest BCUT2D eigenvalue weighted by Crippen LogP contribution is -2.74. The van der Waals surface area contributed by atoms with Crippen LogP contribution in [0.4, 0.5) is 17.1 Å². The number of aromatic nitrogens is 1. The van der Waals surface area contributed by atoms with E-state index in [0.29, 0.717) is 0 Å². The number of anilines is 3. The summed E-state index contributed by atoms with van der Waals surface area (Å²) in [4.78, 5) is 2.47. The van der Waals surface area contributed by atoms with Gasteiger partial charge in [0, 0.05) is 27.8 Å². The van der Waals surface area contributed by atoms with E-state index in [1.807, 2.05) is 0 Å². The molecule has 0 atom stereocenters. The predicted molar refractivity (Wildman–Crippen MR) is 281 cm³/mol. The molecule has 1 aromatic heterocycles. The summed E-state index contributed by atoms with van der Waals surface area (Å²) >= 11 is 0. The molecule has 11 rings (SSSR count). The third kappa shape index (κ3) is 6.88. The monoisotopic (exact) mass is 850 g/mol. The van der Waals surface area contributed by atoms with E-state index >= 15 is 0 Å². The molecule has 0 unspecified atom stereocenters. The highest BCUT2D eigenvalue weighted by Gasteiger charge is 2.41. The Kier molecular flexibility index (Phi) is 10.1. The minimum atomic E-state index is -2.74. The lowest BCUT2D eigenvalue weighted by atomic mass is 9.82. The molecular formula is C62H50N2Si. The maximum atomic E-state index is 2.47. The topological polar surface area (TPSA) is 8.17 Å². The van der Waals surface area contributed by atoms with Crippen molar-refractivity contribution in [3.05, 3.63) is 254 Å². The first-order chi connectivity index (χ1) is 31.9. The van der Waals surface area contributed by atoms with Crippen LogP contribution in [-0.2, 0) is 5.41 Å². The normalized spacial score (nSPS) is 11.9. The van der Waals surface area contributed by atoms with E-state index in [1.165, 1.54) is 70.0 Å². The first-order valence-electron chi connectivity index (χ1n) is 22.7. The molecule has 3 heteroatoms. The molecule has 0 aliphatic rings. The minimum absolute atomic E-state index is 0.0358. The number of para-hydroxylation sites is 2. The molecule has 312 valence electrons. The van der Waals surface area contributed by atoms with Crippen molar-refractivity contribution in [3.63, 3.8) is 0 Å². The van der Waals surface area contributed by atoms with Crippen molar-refractivity contribution >= 4 is 78.5 Å². The van der Waals surface area contributed by atoms with Crippen LogP contribution in [0.25, 0.3) is 49.4 Å². The van der Waals surface area contributed by atoms with Gasteiger partial charge in [0.2, 0.25) is 0 Å². The fourth-order valence-corrected chi connectivity index (χ4v) is 15.1. The molecule has 11 aromatic rings. The second-order valence-corrected chi connectivity index (χ2v) is 21.9. The first-order valence-corrected chi connectivity index (χ1v) is 24.7. The molecule has 0 spiro atoms. The maximum absolute atomic E-state index is 2.74. The molecular weight excluding hydrogens is 801 g/mol. The van der Waals surface area contributed by atoms with Gasteiger partial charge < -0.3 is 9.47 Å². The number of hydrogen-bond donors (Lipinski definition) is 0. The molecule has 0 aliphatic heterocycles. The molecule has 0 saturated heterocycles. The second kappa shape index (κ2) is 16.4. The Hall–Kier alpha value is -7.72. The van der Waals surface area contributed by atoms with Crippen LogP contribution in [0.3, 0.4) is 0 Å². The van der Waals surface area contributed by atoms with E-state index in [9.17, 15) is 0 Å². The summed E-state index contributed by atoms with van der Waals surface area (Å²) in [6, 6.07) is 92.1. The van der Waals surface area contributed by atoms with E-state index in [4.69, 9.17) is 0 Å². The van der Waals surface area contributed by atoms with Crippen molar-refractivity contribution in [1.82, 2.24) is 4.57 Å². The standard InChI is InChI=1S/C62H50N2Si/c1-62(2,3)57-44-43-53(54-29-16-17-30-55(54)57)45-35-37-47(38-36-45)63(59-33-20-34-60-61(59)56-31-18-19-32-58(56)64(60)46-21-8-4-9-22-46)48-39-41-52(42-40-48)65(49-23-10-5-11-24-49,50-25-12-6-13-26-50)51-27-14-7-15-28-51/h4-44H,1-3H3. The molecule has 0 fully saturated rings. The molecule has 65 heavy (non-hydrogen) atoms. The Balaban J connectivity index is 1.13. The quantitative estimate of drug-likeness (QED) is 0.104. The summed E-state index contributed by atoms with van der Waals surface area (Å²) in [5.41, 5.74) is 10.7. The predicted octanol–water partition coefficient (Wildman–Crippen LogP) is 13.7. The number of hydrogen-bond acceptors (Lipinski definition) is 1. The molecule has 0 aliphatic carbocycles. The summed E-state index contributed by atoms with van der Waals surface area (Å²) in [5.74, 6) is 0. The zero-order valence-electron chi connectivity index (χ0n) is 37.1. The van der Waals surface area contributed by atoms with Gasteiger partial charge >= 0.3 is 0 Å². The van der Waals surface area contributed by atoms with Crippen molar-refractivity contribution in [2.24, 2.45) is 0 Å². The van der Waals surface area contributed by atoms with Gasteiger partial charge in [-0.25, -0.2) is 0 Å². The smallest absolute Gasteiger partial charge is 0.179 e. The van der Waals surface area contributed by atoms with Crippen LogP contribution in [0.2, 0.25) is 0 Å². The Morgan fingerprint density at radius 2 is 0.831 bits per heavy atom. The van der Waals surface area contributed by atoms with E-state index in [-0.39, 0.29) is 5.41 Å². The molecule has 0 radical (unpaired) electrons. The van der Waals surface area contributed by atoms with Crippen molar-refractivity contribution in [3.8, 4) is 16.8 Å². The average molecular weight is 851 g/mol. The van der Waals surface area contributed by atoms with Gasteiger partial charge in [0.05, 0.1) is 16.7 Å². The second-order valence-electron chi connectivity index (χ2n) is 18.1. The summed E-state index contributed by atoms with van der Waals surface area (Å²) in [6.45, 7) is 6.90. The highest BCUT2D eigenvalue weighted by atomic mass is 28.3. The molecule has 0 bridgehead atoms. The third-order valence-corrected chi connectivity index (χ3v) is 18.1. The average Bonchev–Trinajstić information content (AvgIpc) is 3.71. The first kappa shape index (κ1) is 40.1. The highest BCUT2D eigenvalue weighted by Crippen LogP contribution is 2.44. The molecule has 0 amide bonds. The van der Waals surface area contributed by atoms with Crippen LogP contribution < -0.4 is 25.6 Å².